The van der Waals surface area contributed by atoms with Crippen LogP contribution in [0.1, 0.15) is 0 Å². The molecule has 0 fully saturated rings. The van der Waals surface area contributed by atoms with E-state index in [4.69, 9.17) is 0 Å². The smallest absolute Gasteiger partial charge is 0.412 e. The van der Waals surface area contributed by atoms with Crippen molar-refractivity contribution in [1.82, 2.24) is 0 Å². The summed E-state index contributed by atoms with van der Waals surface area (Å²) in [6.45, 7) is 1.28. The molecular formula is C6H10CuN4O+. The summed E-state index contributed by atoms with van der Waals surface area (Å²) in [4.78, 5) is 14.9. The maximum absolute atomic E-state index is 3.74. The number of nitrogens with zero attached hydrogens (tertiary/aromatic N) is 4. The van der Waals surface area contributed by atoms with Crippen LogP contribution >= 0.6 is 0 Å². The third-order valence-corrected chi connectivity index (χ3v) is 0.882. The third-order valence-electron chi connectivity index (χ3n) is 0.882. The van der Waals surface area contributed by atoms with E-state index in [2.05, 4.69) is 20.0 Å². The average Bonchev–Trinajstić information content (AvgIpc) is 2.67. The van der Waals surface area contributed by atoms with Crippen molar-refractivity contribution < 1.29 is 22.5 Å². The van der Waals surface area contributed by atoms with Crippen LogP contribution in [0, 0.1) is 0 Å². The summed E-state index contributed by atoms with van der Waals surface area (Å²) >= 11 is 0. The van der Waals surface area contributed by atoms with Crippen LogP contribution in [0.25, 0.3) is 0 Å². The summed E-state index contributed by atoms with van der Waals surface area (Å²) in [6, 6.07) is 0. The third kappa shape index (κ3) is 7.27. The molecule has 6 heteroatoms. The number of hydrogen-bond donors (Lipinski definition) is 0. The van der Waals surface area contributed by atoms with E-state index < -0.39 is 0 Å². The molecule has 2 N–H and O–H groups in total. The molecular weight excluding hydrogens is 208 g/mol. The fraction of sp³-hybridized carbons (Fsp3) is 0.333. The number of aliphatic imine (C=N–C) groups is 4. The van der Waals surface area contributed by atoms with Gasteiger partial charge in [-0.1, -0.05) is 0 Å². The van der Waals surface area contributed by atoms with E-state index in [0.29, 0.717) is 13.3 Å². The summed E-state index contributed by atoms with van der Waals surface area (Å²) in [6.07, 6.45) is 6.78. The second-order valence-corrected chi connectivity index (χ2v) is 1.61. The number of rotatable bonds is 0. The van der Waals surface area contributed by atoms with Crippen LogP contribution in [-0.2, 0) is 17.1 Å². The Morgan fingerprint density at radius 2 is 0.917 bits per heavy atom. The first kappa shape index (κ1) is 13.7. The Labute approximate surface area is 81.2 Å². The second kappa shape index (κ2) is 10.2. The first-order valence-corrected chi connectivity index (χ1v) is 2.96. The molecule has 0 saturated carbocycles. The van der Waals surface area contributed by atoms with Gasteiger partial charge in [-0.25, -0.2) is 0 Å². The Balaban J connectivity index is 0. The predicted octanol–water partition coefficient (Wildman–Crippen LogP) is -0.629. The minimum atomic E-state index is 0. The molecule has 2 aliphatic heterocycles. The molecule has 70 valence electrons. The standard InChI is InChI=1S/2C3H4N2.Cu.H2O/c2*1-2-5-3-4-1;;/h2*1-2H,3H2;;1H2/q;;+1;. The first-order valence-electron chi connectivity index (χ1n) is 2.96. The average molecular weight is 218 g/mol. The first-order chi connectivity index (χ1) is 5.00. The summed E-state index contributed by atoms with van der Waals surface area (Å²) < 4.78 is 0. The topological polar surface area (TPSA) is 80.9 Å². The van der Waals surface area contributed by atoms with Crippen LogP contribution in [0.3, 0.4) is 0 Å². The molecule has 2 aliphatic rings. The molecule has 0 amide bonds. The van der Waals surface area contributed by atoms with Gasteiger partial charge in [-0.3, -0.25) is 20.0 Å². The zero-order chi connectivity index (χ0) is 7.07. The van der Waals surface area contributed by atoms with Gasteiger partial charge < -0.3 is 5.48 Å². The fourth-order valence-corrected chi connectivity index (χ4v) is 0.471. The molecule has 0 saturated heterocycles. The van der Waals surface area contributed by atoms with Gasteiger partial charge in [0.15, 0.2) is 0 Å². The van der Waals surface area contributed by atoms with Gasteiger partial charge in [0.2, 0.25) is 0 Å². The SMILES string of the molecule is C1=NCN=C1.C1=NCN=C1.O.[Cu+]. The van der Waals surface area contributed by atoms with Gasteiger partial charge in [0.25, 0.3) is 0 Å². The Morgan fingerprint density at radius 3 is 1.00 bits per heavy atom. The normalized spacial score (nSPS) is 14.7. The Morgan fingerprint density at radius 1 is 0.667 bits per heavy atom. The van der Waals surface area contributed by atoms with Gasteiger partial charge in [0.05, 0.1) is 0 Å². The molecule has 0 aromatic heterocycles. The van der Waals surface area contributed by atoms with Gasteiger partial charge in [0.1, 0.15) is 13.3 Å². The molecule has 0 aliphatic carbocycles. The van der Waals surface area contributed by atoms with Crippen molar-refractivity contribution in [2.45, 2.75) is 0 Å². The van der Waals surface area contributed by atoms with Crippen LogP contribution in [-0.4, -0.2) is 43.7 Å². The second-order valence-electron chi connectivity index (χ2n) is 1.61. The summed E-state index contributed by atoms with van der Waals surface area (Å²) in [7, 11) is 0. The van der Waals surface area contributed by atoms with Crippen LogP contribution < -0.4 is 0 Å². The van der Waals surface area contributed by atoms with Crippen LogP contribution in [0.2, 0.25) is 0 Å². The Kier molecular flexibility index (Phi) is 11.6. The molecule has 2 heterocycles. The van der Waals surface area contributed by atoms with Gasteiger partial charge in [-0.2, -0.15) is 0 Å². The molecule has 0 unspecified atom stereocenters. The van der Waals surface area contributed by atoms with Gasteiger partial charge in [-0.15, -0.1) is 0 Å². The van der Waals surface area contributed by atoms with Crippen LogP contribution in [0.4, 0.5) is 0 Å². The van der Waals surface area contributed by atoms with Crippen molar-refractivity contribution in [3.63, 3.8) is 0 Å². The minimum absolute atomic E-state index is 0. The van der Waals surface area contributed by atoms with Crippen molar-refractivity contribution in [3.05, 3.63) is 0 Å². The molecule has 0 atom stereocenters. The minimum Gasteiger partial charge on any atom is -0.412 e. The molecule has 0 aromatic carbocycles. The van der Waals surface area contributed by atoms with E-state index in [0.717, 1.165) is 0 Å². The van der Waals surface area contributed by atoms with Crippen molar-refractivity contribution in [2.24, 2.45) is 20.0 Å². The van der Waals surface area contributed by atoms with Gasteiger partial charge in [0, 0.05) is 24.9 Å². The Hall–Kier alpha value is -0.841. The van der Waals surface area contributed by atoms with E-state index in [1.54, 1.807) is 24.9 Å². The van der Waals surface area contributed by atoms with Crippen molar-refractivity contribution in [1.29, 1.82) is 0 Å². The maximum atomic E-state index is 3.74. The van der Waals surface area contributed by atoms with Gasteiger partial charge in [-0.05, 0) is 0 Å². The Bertz CT molecular complexity index is 158. The fourth-order valence-electron chi connectivity index (χ4n) is 0.471. The maximum Gasteiger partial charge on any atom is 1.00 e. The summed E-state index contributed by atoms with van der Waals surface area (Å²) in [5, 5.41) is 0. The summed E-state index contributed by atoms with van der Waals surface area (Å²) in [5.74, 6) is 0. The van der Waals surface area contributed by atoms with E-state index >= 15 is 0 Å². The summed E-state index contributed by atoms with van der Waals surface area (Å²) in [5.41, 5.74) is 0. The molecule has 0 aromatic rings. The molecule has 0 bridgehead atoms. The van der Waals surface area contributed by atoms with Crippen LogP contribution in [0.5, 0.6) is 0 Å². The quantitative estimate of drug-likeness (QED) is 0.485. The predicted molar refractivity (Wildman–Crippen MR) is 47.3 cm³/mol. The monoisotopic (exact) mass is 217 g/mol. The van der Waals surface area contributed by atoms with Crippen molar-refractivity contribution in [3.8, 4) is 0 Å². The largest absolute Gasteiger partial charge is 1.00 e. The van der Waals surface area contributed by atoms with Gasteiger partial charge >= 0.3 is 17.1 Å². The van der Waals surface area contributed by atoms with E-state index in [9.17, 15) is 0 Å². The molecule has 5 nitrogen and oxygen atoms in total. The zero-order valence-electron chi connectivity index (χ0n) is 6.31. The van der Waals surface area contributed by atoms with Crippen molar-refractivity contribution in [2.75, 3.05) is 13.3 Å². The van der Waals surface area contributed by atoms with E-state index in [1.807, 2.05) is 0 Å². The van der Waals surface area contributed by atoms with Crippen molar-refractivity contribution >= 4 is 24.9 Å². The van der Waals surface area contributed by atoms with Crippen LogP contribution in [0.15, 0.2) is 20.0 Å². The molecule has 2 rings (SSSR count). The number of hydrogen-bond acceptors (Lipinski definition) is 4. The molecule has 0 spiro atoms. The molecule has 0 radical (unpaired) electrons. The molecule has 12 heavy (non-hydrogen) atoms. The zero-order valence-corrected chi connectivity index (χ0v) is 7.26. The van der Waals surface area contributed by atoms with E-state index in [1.165, 1.54) is 0 Å². The van der Waals surface area contributed by atoms with E-state index in [-0.39, 0.29) is 22.5 Å².